The SMILES string of the molecule is Cc1cccc(C)c1NC(=O)CN1C(=O)CN(C)C(=O)c2ccccc21. The van der Waals surface area contributed by atoms with E-state index in [0.29, 0.717) is 11.3 Å². The predicted octanol–water partition coefficient (Wildman–Crippen LogP) is 2.36. The molecule has 0 saturated carbocycles. The summed E-state index contributed by atoms with van der Waals surface area (Å²) < 4.78 is 0. The largest absolute Gasteiger partial charge is 0.332 e. The normalized spacial score (nSPS) is 14.1. The first-order valence-electron chi connectivity index (χ1n) is 8.39. The lowest BCUT2D eigenvalue weighted by Crippen LogP contribution is -2.41. The molecule has 0 aliphatic carbocycles. The summed E-state index contributed by atoms with van der Waals surface area (Å²) >= 11 is 0. The van der Waals surface area contributed by atoms with Crippen LogP contribution >= 0.6 is 0 Å². The first-order valence-corrected chi connectivity index (χ1v) is 8.39. The summed E-state index contributed by atoms with van der Waals surface area (Å²) in [6, 6.07) is 12.6. The molecule has 0 saturated heterocycles. The zero-order chi connectivity index (χ0) is 18.8. The molecule has 3 rings (SSSR count). The Bertz CT molecular complexity index is 871. The second kappa shape index (κ2) is 7.00. The maximum absolute atomic E-state index is 12.6. The molecule has 0 fully saturated rings. The van der Waals surface area contributed by atoms with E-state index < -0.39 is 0 Å². The average Bonchev–Trinajstić information content (AvgIpc) is 2.69. The molecular formula is C20H21N3O3. The van der Waals surface area contributed by atoms with Gasteiger partial charge < -0.3 is 15.1 Å². The van der Waals surface area contributed by atoms with Crippen molar-refractivity contribution < 1.29 is 14.4 Å². The maximum Gasteiger partial charge on any atom is 0.256 e. The van der Waals surface area contributed by atoms with Crippen LogP contribution in [0.1, 0.15) is 21.5 Å². The summed E-state index contributed by atoms with van der Waals surface area (Å²) in [5.41, 5.74) is 3.54. The van der Waals surface area contributed by atoms with Gasteiger partial charge in [-0.1, -0.05) is 30.3 Å². The van der Waals surface area contributed by atoms with Gasteiger partial charge in [-0.3, -0.25) is 14.4 Å². The number of rotatable bonds is 3. The molecule has 1 heterocycles. The van der Waals surface area contributed by atoms with Crippen LogP contribution in [0.5, 0.6) is 0 Å². The molecule has 0 spiro atoms. The highest BCUT2D eigenvalue weighted by Crippen LogP contribution is 2.25. The first kappa shape index (κ1) is 17.7. The van der Waals surface area contributed by atoms with Crippen LogP contribution in [0.4, 0.5) is 11.4 Å². The third kappa shape index (κ3) is 3.31. The van der Waals surface area contributed by atoms with Gasteiger partial charge in [0.25, 0.3) is 5.91 Å². The van der Waals surface area contributed by atoms with Gasteiger partial charge in [-0.25, -0.2) is 0 Å². The molecule has 1 N–H and O–H groups in total. The minimum Gasteiger partial charge on any atom is -0.332 e. The Morgan fingerprint density at radius 1 is 1.04 bits per heavy atom. The Morgan fingerprint density at radius 2 is 1.69 bits per heavy atom. The van der Waals surface area contributed by atoms with Crippen molar-refractivity contribution >= 4 is 29.1 Å². The summed E-state index contributed by atoms with van der Waals surface area (Å²) in [6.45, 7) is 3.63. The minimum absolute atomic E-state index is 0.0653. The molecule has 3 amide bonds. The number of amides is 3. The smallest absolute Gasteiger partial charge is 0.256 e. The fourth-order valence-corrected chi connectivity index (χ4v) is 3.10. The number of aryl methyl sites for hydroxylation is 2. The lowest BCUT2D eigenvalue weighted by molar-refractivity contribution is -0.121. The van der Waals surface area contributed by atoms with Crippen LogP contribution in [-0.2, 0) is 9.59 Å². The zero-order valence-corrected chi connectivity index (χ0v) is 15.1. The molecular weight excluding hydrogens is 330 g/mol. The molecule has 0 bridgehead atoms. The van der Waals surface area contributed by atoms with Gasteiger partial charge in [-0.15, -0.1) is 0 Å². The number of para-hydroxylation sites is 2. The number of nitrogens with zero attached hydrogens (tertiary/aromatic N) is 2. The monoisotopic (exact) mass is 351 g/mol. The van der Waals surface area contributed by atoms with Crippen molar-refractivity contribution in [3.63, 3.8) is 0 Å². The number of carbonyl (C=O) groups is 3. The van der Waals surface area contributed by atoms with Crippen LogP contribution in [0.25, 0.3) is 0 Å². The molecule has 6 nitrogen and oxygen atoms in total. The minimum atomic E-state index is -0.303. The summed E-state index contributed by atoms with van der Waals surface area (Å²) in [5, 5.41) is 2.89. The van der Waals surface area contributed by atoms with Crippen LogP contribution in [0, 0.1) is 13.8 Å². The van der Waals surface area contributed by atoms with Crippen molar-refractivity contribution in [2.75, 3.05) is 30.4 Å². The molecule has 1 aliphatic heterocycles. The van der Waals surface area contributed by atoms with Crippen molar-refractivity contribution in [1.82, 2.24) is 4.90 Å². The Labute approximate surface area is 152 Å². The molecule has 26 heavy (non-hydrogen) atoms. The third-order valence-electron chi connectivity index (χ3n) is 4.49. The maximum atomic E-state index is 12.6. The highest BCUT2D eigenvalue weighted by Gasteiger charge is 2.30. The molecule has 0 atom stereocenters. The molecule has 0 aromatic heterocycles. The van der Waals surface area contributed by atoms with Crippen LogP contribution in [0.2, 0.25) is 0 Å². The summed E-state index contributed by atoms with van der Waals surface area (Å²) in [7, 11) is 1.58. The van der Waals surface area contributed by atoms with E-state index in [1.807, 2.05) is 32.0 Å². The molecule has 2 aromatic rings. The van der Waals surface area contributed by atoms with Crippen molar-refractivity contribution in [3.8, 4) is 0 Å². The van der Waals surface area contributed by atoms with Crippen LogP contribution in [0.15, 0.2) is 42.5 Å². The Balaban J connectivity index is 1.88. The van der Waals surface area contributed by atoms with E-state index >= 15 is 0 Å². The molecule has 134 valence electrons. The van der Waals surface area contributed by atoms with Crippen molar-refractivity contribution in [3.05, 3.63) is 59.2 Å². The van der Waals surface area contributed by atoms with Gasteiger partial charge >= 0.3 is 0 Å². The van der Waals surface area contributed by atoms with Crippen LogP contribution in [-0.4, -0.2) is 42.8 Å². The van der Waals surface area contributed by atoms with E-state index in [2.05, 4.69) is 5.32 Å². The summed E-state index contributed by atoms with van der Waals surface area (Å²) in [4.78, 5) is 40.4. The Morgan fingerprint density at radius 3 is 2.38 bits per heavy atom. The second-order valence-electron chi connectivity index (χ2n) is 6.47. The number of carbonyl (C=O) groups excluding carboxylic acids is 3. The molecule has 0 unspecified atom stereocenters. The number of hydrogen-bond acceptors (Lipinski definition) is 3. The highest BCUT2D eigenvalue weighted by atomic mass is 16.2. The van der Waals surface area contributed by atoms with E-state index in [9.17, 15) is 14.4 Å². The number of anilines is 2. The van der Waals surface area contributed by atoms with E-state index in [1.54, 1.807) is 31.3 Å². The zero-order valence-electron chi connectivity index (χ0n) is 15.1. The van der Waals surface area contributed by atoms with Gasteiger partial charge in [0, 0.05) is 12.7 Å². The number of hydrogen-bond donors (Lipinski definition) is 1. The van der Waals surface area contributed by atoms with Gasteiger partial charge in [-0.2, -0.15) is 0 Å². The Hall–Kier alpha value is -3.15. The van der Waals surface area contributed by atoms with Crippen molar-refractivity contribution in [2.24, 2.45) is 0 Å². The standard InChI is InChI=1S/C20H21N3O3/c1-13-7-6-8-14(2)19(13)21-17(24)11-23-16-10-5-4-9-15(16)20(26)22(3)12-18(23)25/h4-10H,11-12H2,1-3H3,(H,21,24). The molecule has 1 aliphatic rings. The molecule has 6 heteroatoms. The third-order valence-corrected chi connectivity index (χ3v) is 4.49. The topological polar surface area (TPSA) is 69.7 Å². The highest BCUT2D eigenvalue weighted by molar-refractivity contribution is 6.12. The molecule has 2 aromatic carbocycles. The predicted molar refractivity (Wildman–Crippen MR) is 100 cm³/mol. The van der Waals surface area contributed by atoms with Gasteiger partial charge in [-0.05, 0) is 37.1 Å². The summed E-state index contributed by atoms with van der Waals surface area (Å²) in [6.07, 6.45) is 0. The van der Waals surface area contributed by atoms with E-state index in [4.69, 9.17) is 0 Å². The van der Waals surface area contributed by atoms with Crippen molar-refractivity contribution in [2.45, 2.75) is 13.8 Å². The fourth-order valence-electron chi connectivity index (χ4n) is 3.10. The van der Waals surface area contributed by atoms with Crippen molar-refractivity contribution in [1.29, 1.82) is 0 Å². The number of likely N-dealkylation sites (N-methyl/N-ethyl adjacent to an activating group) is 1. The lowest BCUT2D eigenvalue weighted by Gasteiger charge is -2.22. The number of fused-ring (bicyclic) bond motifs is 1. The fraction of sp³-hybridized carbons (Fsp3) is 0.250. The van der Waals surface area contributed by atoms with Gasteiger partial charge in [0.05, 0.1) is 11.3 Å². The van der Waals surface area contributed by atoms with Gasteiger partial charge in [0.15, 0.2) is 0 Å². The van der Waals surface area contributed by atoms with E-state index in [-0.39, 0.29) is 30.8 Å². The second-order valence-corrected chi connectivity index (χ2v) is 6.47. The number of benzene rings is 2. The Kier molecular flexibility index (Phi) is 4.75. The summed E-state index contributed by atoms with van der Waals surface area (Å²) in [5.74, 6) is -0.823. The average molecular weight is 351 g/mol. The number of nitrogens with one attached hydrogen (secondary N) is 1. The van der Waals surface area contributed by atoms with Crippen LogP contribution < -0.4 is 10.2 Å². The van der Waals surface area contributed by atoms with Gasteiger partial charge in [0.1, 0.15) is 13.1 Å². The molecule has 0 radical (unpaired) electrons. The lowest BCUT2D eigenvalue weighted by atomic mass is 10.1. The van der Waals surface area contributed by atoms with E-state index in [1.165, 1.54) is 9.80 Å². The van der Waals surface area contributed by atoms with Crippen LogP contribution in [0.3, 0.4) is 0 Å². The van der Waals surface area contributed by atoms with E-state index in [0.717, 1.165) is 16.8 Å². The quantitative estimate of drug-likeness (QED) is 0.923. The van der Waals surface area contributed by atoms with Gasteiger partial charge in [0.2, 0.25) is 11.8 Å². The first-order chi connectivity index (χ1) is 12.4.